The molecule has 0 saturated carbocycles. The quantitative estimate of drug-likeness (QED) is 0.848. The van der Waals surface area contributed by atoms with E-state index in [9.17, 15) is 12.8 Å². The fourth-order valence-electron chi connectivity index (χ4n) is 1.40. The van der Waals surface area contributed by atoms with Gasteiger partial charge in [0, 0.05) is 5.69 Å². The first-order valence-electron chi connectivity index (χ1n) is 4.99. The van der Waals surface area contributed by atoms with E-state index in [-0.39, 0.29) is 21.1 Å². The molecular weight excluding hydrogens is 289 g/mol. The van der Waals surface area contributed by atoms with E-state index in [0.29, 0.717) is 0 Å². The first-order chi connectivity index (χ1) is 8.92. The van der Waals surface area contributed by atoms with Crippen molar-refractivity contribution in [1.82, 2.24) is 0 Å². The zero-order valence-electron chi connectivity index (χ0n) is 9.42. The first kappa shape index (κ1) is 13.3. The van der Waals surface area contributed by atoms with E-state index in [4.69, 9.17) is 11.0 Å². The normalized spacial score (nSPS) is 10.9. The van der Waals surface area contributed by atoms with Gasteiger partial charge in [-0.1, -0.05) is 0 Å². The fourth-order valence-corrected chi connectivity index (χ4v) is 3.53. The van der Waals surface area contributed by atoms with Crippen molar-refractivity contribution in [1.29, 1.82) is 5.26 Å². The zero-order valence-corrected chi connectivity index (χ0v) is 11.1. The molecule has 0 amide bonds. The average Bonchev–Trinajstić information content (AvgIpc) is 2.74. The molecule has 2 rings (SSSR count). The Balaban J connectivity index is 2.41. The van der Waals surface area contributed by atoms with Gasteiger partial charge in [0.25, 0.3) is 10.0 Å². The second-order valence-electron chi connectivity index (χ2n) is 3.60. The maximum Gasteiger partial charge on any atom is 0.262 e. The average molecular weight is 297 g/mol. The number of halogens is 1. The summed E-state index contributed by atoms with van der Waals surface area (Å²) >= 11 is 1.07. The first-order valence-corrected chi connectivity index (χ1v) is 7.35. The van der Waals surface area contributed by atoms with Crippen molar-refractivity contribution in [3.63, 3.8) is 0 Å². The summed E-state index contributed by atoms with van der Waals surface area (Å²) in [4.78, 5) is -0.290. The largest absolute Gasteiger partial charge is 0.399 e. The third-order valence-electron chi connectivity index (χ3n) is 2.22. The lowest BCUT2D eigenvalue weighted by molar-refractivity contribution is 0.595. The number of hydrogen-bond donors (Lipinski definition) is 2. The van der Waals surface area contributed by atoms with Gasteiger partial charge < -0.3 is 5.73 Å². The minimum Gasteiger partial charge on any atom is -0.399 e. The van der Waals surface area contributed by atoms with Crippen molar-refractivity contribution in [2.24, 2.45) is 0 Å². The van der Waals surface area contributed by atoms with E-state index in [0.717, 1.165) is 29.5 Å². The van der Waals surface area contributed by atoms with Crippen LogP contribution in [0, 0.1) is 17.1 Å². The molecule has 0 unspecified atom stereocenters. The molecule has 0 aliphatic rings. The minimum absolute atomic E-state index is 0.00654. The van der Waals surface area contributed by atoms with Crippen LogP contribution in [0.4, 0.5) is 15.1 Å². The third-order valence-corrected chi connectivity index (χ3v) is 4.50. The second kappa shape index (κ2) is 4.87. The van der Waals surface area contributed by atoms with Gasteiger partial charge in [-0.2, -0.15) is 5.26 Å². The summed E-state index contributed by atoms with van der Waals surface area (Å²) in [6.07, 6.45) is 0. The van der Waals surface area contributed by atoms with E-state index in [1.807, 2.05) is 6.07 Å². The molecule has 19 heavy (non-hydrogen) atoms. The third kappa shape index (κ3) is 2.83. The van der Waals surface area contributed by atoms with Gasteiger partial charge in [0.2, 0.25) is 0 Å². The number of nitrogens with two attached hydrogens (primary N) is 1. The summed E-state index contributed by atoms with van der Waals surface area (Å²) in [6.45, 7) is 0. The highest BCUT2D eigenvalue weighted by molar-refractivity contribution is 7.93. The van der Waals surface area contributed by atoms with Gasteiger partial charge in [-0.25, -0.2) is 12.8 Å². The van der Waals surface area contributed by atoms with Crippen LogP contribution in [0.5, 0.6) is 0 Å². The molecule has 1 heterocycles. The Kier molecular flexibility index (Phi) is 3.42. The smallest absolute Gasteiger partial charge is 0.262 e. The van der Waals surface area contributed by atoms with Crippen LogP contribution in [0.25, 0.3) is 0 Å². The van der Waals surface area contributed by atoms with Gasteiger partial charge >= 0.3 is 0 Å². The highest BCUT2D eigenvalue weighted by Gasteiger charge is 2.18. The molecule has 0 bridgehead atoms. The van der Waals surface area contributed by atoms with Crippen LogP contribution < -0.4 is 10.5 Å². The van der Waals surface area contributed by atoms with Gasteiger partial charge in [-0.05, 0) is 29.6 Å². The maximum absolute atomic E-state index is 13.2. The van der Waals surface area contributed by atoms with Crippen molar-refractivity contribution in [3.05, 3.63) is 41.0 Å². The van der Waals surface area contributed by atoms with Gasteiger partial charge in [0.1, 0.15) is 16.9 Å². The Morgan fingerprint density at radius 1 is 1.37 bits per heavy atom. The molecule has 0 atom stereocenters. The van der Waals surface area contributed by atoms with Crippen LogP contribution in [0.1, 0.15) is 5.56 Å². The van der Waals surface area contributed by atoms with E-state index in [2.05, 4.69) is 4.72 Å². The van der Waals surface area contributed by atoms with Gasteiger partial charge in [0.05, 0.1) is 10.5 Å². The zero-order chi connectivity index (χ0) is 14.0. The monoisotopic (exact) mass is 297 g/mol. The minimum atomic E-state index is -3.97. The molecule has 3 N–H and O–H groups in total. The number of nitrogens with zero attached hydrogens (tertiary/aromatic N) is 1. The van der Waals surface area contributed by atoms with Crippen LogP contribution in [-0.4, -0.2) is 8.42 Å². The number of hydrogen-bond acceptors (Lipinski definition) is 5. The predicted octanol–water partition coefficient (Wildman–Crippen LogP) is 2.14. The van der Waals surface area contributed by atoms with Gasteiger partial charge in [-0.15, -0.1) is 11.3 Å². The SMILES string of the molecule is N#Cc1ccsc1NS(=O)(=O)c1cc(N)cc(F)c1. The standard InChI is InChI=1S/C11H8FN3O2S2/c12-8-3-9(14)5-10(4-8)19(16,17)15-11-7(6-13)1-2-18-11/h1-5,15H,14H2. The molecule has 1 aromatic carbocycles. The lowest BCUT2D eigenvalue weighted by Gasteiger charge is -2.07. The summed E-state index contributed by atoms with van der Waals surface area (Å²) in [7, 11) is -3.97. The molecule has 8 heteroatoms. The van der Waals surface area contributed by atoms with E-state index in [1.54, 1.807) is 5.38 Å². The fraction of sp³-hybridized carbons (Fsp3) is 0. The molecule has 98 valence electrons. The van der Waals surface area contributed by atoms with Crippen LogP contribution >= 0.6 is 11.3 Å². The number of nitrogens with one attached hydrogen (secondary N) is 1. The summed E-state index contributed by atoms with van der Waals surface area (Å²) in [6, 6.07) is 6.37. The van der Waals surface area contributed by atoms with Gasteiger partial charge in [0.15, 0.2) is 0 Å². The number of sulfonamides is 1. The van der Waals surface area contributed by atoms with Crippen molar-refractivity contribution in [3.8, 4) is 6.07 Å². The molecule has 0 aliphatic heterocycles. The number of benzene rings is 1. The lowest BCUT2D eigenvalue weighted by Crippen LogP contribution is -2.13. The van der Waals surface area contributed by atoms with E-state index < -0.39 is 15.8 Å². The lowest BCUT2D eigenvalue weighted by atomic mass is 10.3. The van der Waals surface area contributed by atoms with E-state index in [1.165, 1.54) is 6.07 Å². The Morgan fingerprint density at radius 2 is 2.11 bits per heavy atom. The number of anilines is 2. The van der Waals surface area contributed by atoms with Crippen molar-refractivity contribution < 1.29 is 12.8 Å². The summed E-state index contributed by atoms with van der Waals surface area (Å²) < 4.78 is 39.5. The molecule has 0 fully saturated rings. The molecule has 0 radical (unpaired) electrons. The Bertz CT molecular complexity index is 742. The number of nitrogen functional groups attached to an aromatic ring is 1. The second-order valence-corrected chi connectivity index (χ2v) is 6.20. The van der Waals surface area contributed by atoms with Crippen LogP contribution in [-0.2, 0) is 10.0 Å². The number of nitriles is 1. The molecule has 2 aromatic rings. The summed E-state index contributed by atoms with van der Waals surface area (Å²) in [5.41, 5.74) is 5.62. The molecule has 0 spiro atoms. The molecule has 0 aliphatic carbocycles. The summed E-state index contributed by atoms with van der Waals surface area (Å²) in [5, 5.41) is 10.6. The maximum atomic E-state index is 13.2. The van der Waals surface area contributed by atoms with Gasteiger partial charge in [-0.3, -0.25) is 4.72 Å². The predicted molar refractivity (Wildman–Crippen MR) is 70.7 cm³/mol. The van der Waals surface area contributed by atoms with Crippen LogP contribution in [0.3, 0.4) is 0 Å². The molecule has 1 aromatic heterocycles. The summed E-state index contributed by atoms with van der Waals surface area (Å²) in [5.74, 6) is -0.743. The Hall–Kier alpha value is -2.11. The Morgan fingerprint density at radius 3 is 2.74 bits per heavy atom. The molecular formula is C11H8FN3O2S2. The van der Waals surface area contributed by atoms with Crippen molar-refractivity contribution >= 4 is 32.0 Å². The van der Waals surface area contributed by atoms with Crippen LogP contribution in [0.15, 0.2) is 34.5 Å². The number of thiophene rings is 1. The topological polar surface area (TPSA) is 96.0 Å². The molecule has 5 nitrogen and oxygen atoms in total. The van der Waals surface area contributed by atoms with E-state index >= 15 is 0 Å². The number of rotatable bonds is 3. The highest BCUT2D eigenvalue weighted by Crippen LogP contribution is 2.26. The molecule has 0 saturated heterocycles. The van der Waals surface area contributed by atoms with Crippen molar-refractivity contribution in [2.45, 2.75) is 4.90 Å². The van der Waals surface area contributed by atoms with Crippen molar-refractivity contribution in [2.75, 3.05) is 10.5 Å². The Labute approximate surface area is 113 Å². The van der Waals surface area contributed by atoms with Crippen LogP contribution in [0.2, 0.25) is 0 Å². The highest BCUT2D eigenvalue weighted by atomic mass is 32.2.